The first-order valence-corrected chi connectivity index (χ1v) is 7.81. The van der Waals surface area contributed by atoms with Crippen LogP contribution in [0.2, 0.25) is 0 Å². The zero-order valence-electron chi connectivity index (χ0n) is 10.8. The summed E-state index contributed by atoms with van der Waals surface area (Å²) in [6.45, 7) is 0. The van der Waals surface area contributed by atoms with Gasteiger partial charge in [0.05, 0.1) is 4.88 Å². The lowest BCUT2D eigenvalue weighted by atomic mass is 10.1. The molecule has 3 rings (SSSR count). The zero-order valence-corrected chi connectivity index (χ0v) is 13.2. The molecule has 3 aromatic rings. The molecule has 0 bridgehead atoms. The molecule has 0 aliphatic carbocycles. The summed E-state index contributed by atoms with van der Waals surface area (Å²) in [5.74, 6) is -1.01. The summed E-state index contributed by atoms with van der Waals surface area (Å²) in [7, 11) is 0. The van der Waals surface area contributed by atoms with Crippen molar-refractivity contribution in [3.63, 3.8) is 0 Å². The van der Waals surface area contributed by atoms with E-state index < -0.39 is 5.97 Å². The number of aromatic carboxylic acids is 1. The minimum Gasteiger partial charge on any atom is -0.476 e. The van der Waals surface area contributed by atoms with Gasteiger partial charge in [-0.2, -0.15) is 0 Å². The fourth-order valence-electron chi connectivity index (χ4n) is 2.00. The molecule has 3 nitrogen and oxygen atoms in total. The van der Waals surface area contributed by atoms with Crippen LogP contribution >= 0.6 is 27.3 Å². The van der Waals surface area contributed by atoms with Crippen molar-refractivity contribution in [1.29, 1.82) is 0 Å². The van der Waals surface area contributed by atoms with E-state index in [9.17, 15) is 9.90 Å². The molecule has 2 aromatic carbocycles. The van der Waals surface area contributed by atoms with Crippen LogP contribution < -0.4 is 0 Å². The zero-order chi connectivity index (χ0) is 14.8. The molecule has 1 aromatic heterocycles. The maximum atomic E-state index is 11.4. The molecular formula is C16H10BrNO2S. The van der Waals surface area contributed by atoms with Gasteiger partial charge in [0.15, 0.2) is 5.69 Å². The SMILES string of the molecule is O=C(O)c1nc(-c2cccc(Br)c2)sc1-c1ccccc1. The van der Waals surface area contributed by atoms with Crippen molar-refractivity contribution in [2.45, 2.75) is 0 Å². The van der Waals surface area contributed by atoms with Crippen molar-refractivity contribution in [3.05, 3.63) is 64.8 Å². The number of carboxylic acid groups (broad SMARTS) is 1. The number of aromatic nitrogens is 1. The van der Waals surface area contributed by atoms with Crippen LogP contribution in [0.3, 0.4) is 0 Å². The standard InChI is InChI=1S/C16H10BrNO2S/c17-12-8-4-7-11(9-12)15-18-13(16(19)20)14(21-15)10-5-2-1-3-6-10/h1-9H,(H,19,20). The Hall–Kier alpha value is -1.98. The lowest BCUT2D eigenvalue weighted by molar-refractivity contribution is 0.0692. The summed E-state index contributed by atoms with van der Waals surface area (Å²) in [5, 5.41) is 10.1. The Bertz CT molecular complexity index is 799. The van der Waals surface area contributed by atoms with Gasteiger partial charge in [0, 0.05) is 10.0 Å². The van der Waals surface area contributed by atoms with Crippen molar-refractivity contribution < 1.29 is 9.90 Å². The highest BCUT2D eigenvalue weighted by Crippen LogP contribution is 2.36. The number of carbonyl (C=O) groups is 1. The minimum atomic E-state index is -1.01. The third-order valence-electron chi connectivity index (χ3n) is 2.94. The lowest BCUT2D eigenvalue weighted by Crippen LogP contribution is -1.98. The van der Waals surface area contributed by atoms with Gasteiger partial charge in [-0.3, -0.25) is 0 Å². The molecule has 1 N–H and O–H groups in total. The second-order valence-electron chi connectivity index (χ2n) is 4.38. The first-order valence-electron chi connectivity index (χ1n) is 6.20. The molecule has 0 saturated carbocycles. The molecule has 0 amide bonds. The van der Waals surface area contributed by atoms with Crippen LogP contribution in [0.1, 0.15) is 10.5 Å². The Morgan fingerprint density at radius 2 is 1.76 bits per heavy atom. The van der Waals surface area contributed by atoms with Gasteiger partial charge in [0.2, 0.25) is 0 Å². The fraction of sp³-hybridized carbons (Fsp3) is 0. The van der Waals surface area contributed by atoms with Crippen LogP contribution in [-0.4, -0.2) is 16.1 Å². The highest BCUT2D eigenvalue weighted by Gasteiger charge is 2.19. The Kier molecular flexibility index (Phi) is 3.86. The van der Waals surface area contributed by atoms with Gasteiger partial charge >= 0.3 is 5.97 Å². The van der Waals surface area contributed by atoms with Gasteiger partial charge in [-0.15, -0.1) is 11.3 Å². The predicted octanol–water partition coefficient (Wildman–Crippen LogP) is 4.94. The van der Waals surface area contributed by atoms with E-state index in [-0.39, 0.29) is 5.69 Å². The van der Waals surface area contributed by atoms with Crippen molar-refractivity contribution in [3.8, 4) is 21.0 Å². The van der Waals surface area contributed by atoms with E-state index >= 15 is 0 Å². The van der Waals surface area contributed by atoms with E-state index in [1.807, 2.05) is 54.6 Å². The van der Waals surface area contributed by atoms with Crippen LogP contribution in [0.5, 0.6) is 0 Å². The van der Waals surface area contributed by atoms with E-state index in [0.29, 0.717) is 9.88 Å². The number of hydrogen-bond acceptors (Lipinski definition) is 3. The van der Waals surface area contributed by atoms with Crippen molar-refractivity contribution >= 4 is 33.2 Å². The Morgan fingerprint density at radius 3 is 2.43 bits per heavy atom. The Balaban J connectivity index is 2.15. The molecule has 0 unspecified atom stereocenters. The van der Waals surface area contributed by atoms with E-state index in [4.69, 9.17) is 0 Å². The predicted molar refractivity (Wildman–Crippen MR) is 87.6 cm³/mol. The molecule has 0 saturated heterocycles. The second kappa shape index (κ2) is 5.79. The summed E-state index contributed by atoms with van der Waals surface area (Å²) in [6.07, 6.45) is 0. The Morgan fingerprint density at radius 1 is 1.05 bits per heavy atom. The monoisotopic (exact) mass is 359 g/mol. The molecule has 104 valence electrons. The largest absolute Gasteiger partial charge is 0.476 e. The van der Waals surface area contributed by atoms with Crippen molar-refractivity contribution in [2.75, 3.05) is 0 Å². The van der Waals surface area contributed by atoms with E-state index in [0.717, 1.165) is 15.6 Å². The first kappa shape index (κ1) is 14.0. The molecule has 21 heavy (non-hydrogen) atoms. The smallest absolute Gasteiger partial charge is 0.356 e. The van der Waals surface area contributed by atoms with Crippen LogP contribution in [0.4, 0.5) is 0 Å². The third-order valence-corrected chi connectivity index (χ3v) is 4.58. The number of benzene rings is 2. The van der Waals surface area contributed by atoms with Gasteiger partial charge in [-0.25, -0.2) is 9.78 Å². The topological polar surface area (TPSA) is 50.2 Å². The van der Waals surface area contributed by atoms with Gasteiger partial charge in [0.25, 0.3) is 0 Å². The summed E-state index contributed by atoms with van der Waals surface area (Å²) >= 11 is 4.81. The number of carboxylic acids is 1. The molecule has 0 aliphatic heterocycles. The van der Waals surface area contributed by atoms with Crippen molar-refractivity contribution in [2.24, 2.45) is 0 Å². The molecule has 0 radical (unpaired) electrons. The van der Waals surface area contributed by atoms with E-state index in [1.54, 1.807) is 0 Å². The number of thiazole rings is 1. The Labute approximate surface area is 134 Å². The van der Waals surface area contributed by atoms with Crippen LogP contribution in [0.15, 0.2) is 59.1 Å². The minimum absolute atomic E-state index is 0.0983. The van der Waals surface area contributed by atoms with Gasteiger partial charge in [0.1, 0.15) is 5.01 Å². The number of nitrogens with zero attached hydrogens (tertiary/aromatic N) is 1. The number of halogens is 1. The molecule has 0 aliphatic rings. The van der Waals surface area contributed by atoms with Gasteiger partial charge in [-0.1, -0.05) is 58.4 Å². The average Bonchev–Trinajstić information content (AvgIpc) is 2.93. The van der Waals surface area contributed by atoms with E-state index in [1.165, 1.54) is 11.3 Å². The summed E-state index contributed by atoms with van der Waals surface area (Å²) < 4.78 is 0.938. The summed E-state index contributed by atoms with van der Waals surface area (Å²) in [6, 6.07) is 17.1. The third kappa shape index (κ3) is 2.89. The van der Waals surface area contributed by atoms with Gasteiger partial charge < -0.3 is 5.11 Å². The lowest BCUT2D eigenvalue weighted by Gasteiger charge is -1.97. The molecule has 5 heteroatoms. The summed E-state index contributed by atoms with van der Waals surface area (Å²) in [5.41, 5.74) is 1.87. The van der Waals surface area contributed by atoms with Crippen LogP contribution in [-0.2, 0) is 0 Å². The second-order valence-corrected chi connectivity index (χ2v) is 6.29. The first-order chi connectivity index (χ1) is 10.1. The molecule has 0 atom stereocenters. The van der Waals surface area contributed by atoms with E-state index in [2.05, 4.69) is 20.9 Å². The summed E-state index contributed by atoms with van der Waals surface area (Å²) in [4.78, 5) is 16.4. The maximum absolute atomic E-state index is 11.4. The van der Waals surface area contributed by atoms with Gasteiger partial charge in [-0.05, 0) is 17.7 Å². The highest BCUT2D eigenvalue weighted by atomic mass is 79.9. The average molecular weight is 360 g/mol. The van der Waals surface area contributed by atoms with Crippen molar-refractivity contribution in [1.82, 2.24) is 4.98 Å². The number of rotatable bonds is 3. The molecule has 1 heterocycles. The fourth-order valence-corrected chi connectivity index (χ4v) is 3.45. The quantitative estimate of drug-likeness (QED) is 0.720. The highest BCUT2D eigenvalue weighted by molar-refractivity contribution is 9.10. The molecule has 0 spiro atoms. The van der Waals surface area contributed by atoms with Crippen LogP contribution in [0.25, 0.3) is 21.0 Å². The molecule has 0 fully saturated rings. The number of hydrogen-bond donors (Lipinski definition) is 1. The van der Waals surface area contributed by atoms with Crippen LogP contribution in [0, 0.1) is 0 Å². The molecular weight excluding hydrogens is 350 g/mol. The maximum Gasteiger partial charge on any atom is 0.356 e. The normalized spacial score (nSPS) is 10.5.